The molecule has 1 aromatic carbocycles. The number of nitrogens with zero attached hydrogens (tertiary/aromatic N) is 2. The average molecular weight is 445 g/mol. The van der Waals surface area contributed by atoms with E-state index in [-0.39, 0.29) is 11.2 Å². The van der Waals surface area contributed by atoms with Gasteiger partial charge in [0.1, 0.15) is 0 Å². The molecule has 5 fully saturated rings. The van der Waals surface area contributed by atoms with Gasteiger partial charge in [-0.25, -0.2) is 0 Å². The predicted molar refractivity (Wildman–Crippen MR) is 133 cm³/mol. The van der Waals surface area contributed by atoms with Gasteiger partial charge in [0.25, 0.3) is 0 Å². The standard InChI is InChI=1S/C30H40N2O/c1-28-12-10-24-17-23-6-7-25(32(2)3)18-29(23)13-14-30(24,33-29)27(28)9-8-26(28)21-5-4-20-11-15-31-19-22(20)16-21/h4-5,11,15-16,19,23-27H,6-10,12-14,17-18H2,1-3H3/t23?,24?,25?,26?,27-,28-,29-,30-/m1/s1. The molecule has 33 heavy (non-hydrogen) atoms. The fourth-order valence-electron chi connectivity index (χ4n) is 9.88. The van der Waals surface area contributed by atoms with E-state index in [1.165, 1.54) is 75.0 Å². The lowest BCUT2D eigenvalue weighted by atomic mass is 9.53. The van der Waals surface area contributed by atoms with E-state index in [0.29, 0.717) is 17.4 Å². The van der Waals surface area contributed by atoms with Crippen molar-refractivity contribution in [2.24, 2.45) is 23.2 Å². The third-order valence-electron chi connectivity index (χ3n) is 11.5. The molecule has 2 aliphatic heterocycles. The van der Waals surface area contributed by atoms with Crippen molar-refractivity contribution in [1.29, 1.82) is 0 Å². The van der Waals surface area contributed by atoms with E-state index in [1.807, 2.05) is 12.4 Å². The first-order chi connectivity index (χ1) is 15.9. The van der Waals surface area contributed by atoms with Crippen LogP contribution in [0.1, 0.15) is 82.6 Å². The minimum absolute atomic E-state index is 0.158. The van der Waals surface area contributed by atoms with Gasteiger partial charge < -0.3 is 9.64 Å². The number of hydrogen-bond donors (Lipinski definition) is 0. The van der Waals surface area contributed by atoms with Gasteiger partial charge in [-0.05, 0) is 130 Å². The minimum Gasteiger partial charge on any atom is -0.368 e. The van der Waals surface area contributed by atoms with Gasteiger partial charge in [-0.15, -0.1) is 0 Å². The zero-order valence-corrected chi connectivity index (χ0v) is 20.7. The van der Waals surface area contributed by atoms with Crippen LogP contribution in [0.5, 0.6) is 0 Å². The molecule has 0 N–H and O–H groups in total. The van der Waals surface area contributed by atoms with E-state index in [0.717, 1.165) is 17.8 Å². The van der Waals surface area contributed by atoms with Gasteiger partial charge in [0.05, 0.1) is 11.2 Å². The Bertz CT molecular complexity index is 1080. The highest BCUT2D eigenvalue weighted by molar-refractivity contribution is 5.82. The maximum atomic E-state index is 7.56. The van der Waals surface area contributed by atoms with Gasteiger partial charge >= 0.3 is 0 Å². The van der Waals surface area contributed by atoms with Crippen LogP contribution in [-0.4, -0.2) is 41.2 Å². The molecule has 0 radical (unpaired) electrons. The van der Waals surface area contributed by atoms with Crippen molar-refractivity contribution in [2.45, 2.75) is 94.3 Å². The molecule has 2 bridgehead atoms. The Morgan fingerprint density at radius 1 is 0.939 bits per heavy atom. The second kappa shape index (κ2) is 7.04. The first-order valence-corrected chi connectivity index (χ1v) is 13.6. The van der Waals surface area contributed by atoms with Crippen molar-refractivity contribution in [3.8, 4) is 0 Å². The number of hydrogen-bond acceptors (Lipinski definition) is 3. The lowest BCUT2D eigenvalue weighted by Gasteiger charge is -2.61. The first-order valence-electron chi connectivity index (χ1n) is 13.6. The van der Waals surface area contributed by atoms with Crippen LogP contribution in [0.4, 0.5) is 0 Å². The summed E-state index contributed by atoms with van der Waals surface area (Å²) in [7, 11) is 4.55. The Labute approximate surface area is 199 Å². The van der Waals surface area contributed by atoms with Gasteiger partial charge in [-0.2, -0.15) is 0 Å². The van der Waals surface area contributed by atoms with Crippen molar-refractivity contribution in [1.82, 2.24) is 9.88 Å². The fraction of sp³-hybridized carbons (Fsp3) is 0.700. The smallest absolute Gasteiger partial charge is 0.0752 e. The molecule has 2 saturated heterocycles. The highest BCUT2D eigenvalue weighted by atomic mass is 16.5. The van der Waals surface area contributed by atoms with Crippen LogP contribution in [0, 0.1) is 23.2 Å². The number of benzene rings is 1. The van der Waals surface area contributed by atoms with Gasteiger partial charge in [0, 0.05) is 23.8 Å². The Balaban J connectivity index is 1.23. The van der Waals surface area contributed by atoms with E-state index >= 15 is 0 Å². The second-order valence-corrected chi connectivity index (χ2v) is 12.9. The molecule has 1 aromatic heterocycles. The molecule has 8 atom stereocenters. The third-order valence-corrected chi connectivity index (χ3v) is 11.5. The van der Waals surface area contributed by atoms with Crippen LogP contribution in [0.2, 0.25) is 0 Å². The van der Waals surface area contributed by atoms with Crippen molar-refractivity contribution in [3.63, 3.8) is 0 Å². The number of ether oxygens (including phenoxy) is 1. The zero-order chi connectivity index (χ0) is 22.4. The van der Waals surface area contributed by atoms with E-state index < -0.39 is 0 Å². The van der Waals surface area contributed by atoms with Crippen LogP contribution in [0.3, 0.4) is 0 Å². The van der Waals surface area contributed by atoms with Gasteiger partial charge in [0.15, 0.2) is 0 Å². The lowest BCUT2D eigenvalue weighted by Crippen LogP contribution is -2.62. The Morgan fingerprint density at radius 3 is 2.73 bits per heavy atom. The molecule has 7 rings (SSSR count). The molecule has 3 aliphatic carbocycles. The predicted octanol–water partition coefficient (Wildman–Crippen LogP) is 6.57. The summed E-state index contributed by atoms with van der Waals surface area (Å²) >= 11 is 0. The van der Waals surface area contributed by atoms with E-state index in [2.05, 4.69) is 55.2 Å². The van der Waals surface area contributed by atoms with Crippen molar-refractivity contribution in [3.05, 3.63) is 42.2 Å². The highest BCUT2D eigenvalue weighted by Crippen LogP contribution is 2.72. The molecule has 0 amide bonds. The van der Waals surface area contributed by atoms with E-state index in [9.17, 15) is 0 Å². The molecule has 2 aromatic rings. The quantitative estimate of drug-likeness (QED) is 0.524. The van der Waals surface area contributed by atoms with Crippen molar-refractivity contribution >= 4 is 10.8 Å². The Hall–Kier alpha value is -1.45. The number of fused-ring (bicyclic) bond motifs is 2. The Morgan fingerprint density at radius 2 is 1.85 bits per heavy atom. The first kappa shape index (κ1) is 20.9. The summed E-state index contributed by atoms with van der Waals surface area (Å²) in [5.74, 6) is 2.98. The molecule has 4 unspecified atom stereocenters. The molecule has 3 heterocycles. The molecule has 3 heteroatoms. The normalized spacial score (nSPS) is 46.2. The molecule has 2 spiro atoms. The third kappa shape index (κ3) is 2.79. The molecule has 5 aliphatic rings. The SMILES string of the molecule is CN(C)C1CCC2CC3CC[C@]4(C)C(c5ccc6ccncc6c5)CC[C@H]4[C@@]34CC[C@]2(C1)O4. The largest absolute Gasteiger partial charge is 0.368 e. The highest BCUT2D eigenvalue weighted by Gasteiger charge is 2.70. The molecular weight excluding hydrogens is 404 g/mol. The van der Waals surface area contributed by atoms with E-state index in [1.54, 1.807) is 5.56 Å². The number of aromatic nitrogens is 1. The summed E-state index contributed by atoms with van der Waals surface area (Å²) in [5.41, 5.74) is 2.24. The topological polar surface area (TPSA) is 25.4 Å². The second-order valence-electron chi connectivity index (χ2n) is 12.9. The molecule has 176 valence electrons. The van der Waals surface area contributed by atoms with E-state index in [4.69, 9.17) is 4.74 Å². The minimum atomic E-state index is 0.158. The summed E-state index contributed by atoms with van der Waals surface area (Å²) in [5, 5.41) is 2.60. The number of rotatable bonds is 2. The summed E-state index contributed by atoms with van der Waals surface area (Å²) in [4.78, 5) is 6.86. The van der Waals surface area contributed by atoms with Crippen molar-refractivity contribution < 1.29 is 4.74 Å². The Kier molecular flexibility index (Phi) is 4.46. The van der Waals surface area contributed by atoms with Crippen molar-refractivity contribution in [2.75, 3.05) is 14.1 Å². The molecular formula is C30H40N2O. The van der Waals surface area contributed by atoms with Crippen LogP contribution in [0.25, 0.3) is 10.8 Å². The summed E-state index contributed by atoms with van der Waals surface area (Å²) in [6, 6.07) is 10.0. The fourth-order valence-corrected chi connectivity index (χ4v) is 9.88. The van der Waals surface area contributed by atoms with Gasteiger partial charge in [-0.1, -0.05) is 19.1 Å². The van der Waals surface area contributed by atoms with Crippen LogP contribution < -0.4 is 0 Å². The van der Waals surface area contributed by atoms with Gasteiger partial charge in [-0.3, -0.25) is 4.98 Å². The maximum absolute atomic E-state index is 7.56. The molecule has 3 nitrogen and oxygen atoms in total. The van der Waals surface area contributed by atoms with Crippen LogP contribution in [-0.2, 0) is 4.74 Å². The zero-order valence-electron chi connectivity index (χ0n) is 20.7. The monoisotopic (exact) mass is 444 g/mol. The van der Waals surface area contributed by atoms with Gasteiger partial charge in [0.2, 0.25) is 0 Å². The van der Waals surface area contributed by atoms with Crippen LogP contribution >= 0.6 is 0 Å². The molecule has 3 saturated carbocycles. The average Bonchev–Trinajstić information content (AvgIpc) is 3.33. The number of pyridine rings is 1. The summed E-state index contributed by atoms with van der Waals surface area (Å²) in [6.45, 7) is 2.64. The lowest BCUT2D eigenvalue weighted by molar-refractivity contribution is -0.260. The maximum Gasteiger partial charge on any atom is 0.0752 e. The van der Waals surface area contributed by atoms with Crippen LogP contribution in [0.15, 0.2) is 36.7 Å². The summed E-state index contributed by atoms with van der Waals surface area (Å²) in [6.07, 6.45) is 17.5. The summed E-state index contributed by atoms with van der Waals surface area (Å²) < 4.78 is 7.56.